The van der Waals surface area contributed by atoms with Crippen LogP contribution in [0.5, 0.6) is 0 Å². The summed E-state index contributed by atoms with van der Waals surface area (Å²) in [5.74, 6) is 2.02. The highest BCUT2D eigenvalue weighted by molar-refractivity contribution is 5.79. The van der Waals surface area contributed by atoms with Gasteiger partial charge in [0.2, 0.25) is 11.9 Å². The van der Waals surface area contributed by atoms with Crippen LogP contribution >= 0.6 is 0 Å². The second-order valence-electron chi connectivity index (χ2n) is 8.43. The number of H-pyrrole nitrogens is 1. The summed E-state index contributed by atoms with van der Waals surface area (Å²) in [5, 5.41) is 20.5. The molecule has 0 spiro atoms. The van der Waals surface area contributed by atoms with E-state index in [1.54, 1.807) is 0 Å². The minimum absolute atomic E-state index is 0.0833. The van der Waals surface area contributed by atoms with Gasteiger partial charge in [0.15, 0.2) is 0 Å². The second kappa shape index (κ2) is 6.35. The van der Waals surface area contributed by atoms with E-state index in [9.17, 15) is 9.90 Å². The molecule has 0 radical (unpaired) electrons. The number of carbonyl (C=O) groups excluding carboxylic acids is 1. The van der Waals surface area contributed by atoms with Gasteiger partial charge in [0.1, 0.15) is 5.82 Å². The molecular weight excluding hydrogens is 306 g/mol. The molecule has 7 heteroatoms. The fourth-order valence-electron chi connectivity index (χ4n) is 4.03. The molecule has 24 heavy (non-hydrogen) atoms. The molecule has 0 aromatic carbocycles. The molecule has 134 valence electrons. The molecule has 1 aromatic rings. The second-order valence-corrected chi connectivity index (χ2v) is 8.43. The average Bonchev–Trinajstić information content (AvgIpc) is 3.09. The summed E-state index contributed by atoms with van der Waals surface area (Å²) in [6.45, 7) is 4.94. The van der Waals surface area contributed by atoms with Crippen LogP contribution in [0, 0.1) is 17.3 Å². The molecule has 1 heterocycles. The minimum atomic E-state index is -0.402. The number of anilines is 1. The third-order valence-corrected chi connectivity index (χ3v) is 5.44. The Kier molecular flexibility index (Phi) is 4.55. The fraction of sp³-hybridized carbons (Fsp3) is 0.824. The first-order valence-corrected chi connectivity index (χ1v) is 8.80. The van der Waals surface area contributed by atoms with Gasteiger partial charge in [0.05, 0.1) is 6.10 Å². The Balaban J connectivity index is 1.49. The van der Waals surface area contributed by atoms with Crippen molar-refractivity contribution in [3.8, 4) is 0 Å². The number of hydrogen-bond donors (Lipinski definition) is 3. The number of aromatic amines is 1. The summed E-state index contributed by atoms with van der Waals surface area (Å²) in [6, 6.07) is 0. The van der Waals surface area contributed by atoms with Crippen molar-refractivity contribution in [2.45, 2.75) is 51.6 Å². The zero-order valence-corrected chi connectivity index (χ0v) is 15.0. The number of hydrogen-bond acceptors (Lipinski definition) is 5. The molecule has 3 N–H and O–H groups in total. The van der Waals surface area contributed by atoms with Crippen molar-refractivity contribution in [3.63, 3.8) is 0 Å². The van der Waals surface area contributed by atoms with Gasteiger partial charge in [-0.15, -0.1) is 5.10 Å². The van der Waals surface area contributed by atoms with Crippen molar-refractivity contribution in [2.24, 2.45) is 17.3 Å². The van der Waals surface area contributed by atoms with Crippen LogP contribution in [0.15, 0.2) is 0 Å². The molecule has 7 nitrogen and oxygen atoms in total. The molecule has 2 aliphatic carbocycles. The Bertz CT molecular complexity index is 590. The number of aliphatic hydroxyl groups is 1. The third-order valence-electron chi connectivity index (χ3n) is 5.44. The zero-order valence-electron chi connectivity index (χ0n) is 15.0. The maximum Gasteiger partial charge on any atom is 0.244 e. The molecule has 0 unspecified atom stereocenters. The van der Waals surface area contributed by atoms with Crippen LogP contribution < -0.4 is 10.2 Å². The van der Waals surface area contributed by atoms with E-state index in [-0.39, 0.29) is 23.7 Å². The van der Waals surface area contributed by atoms with E-state index in [1.165, 1.54) is 0 Å². The van der Waals surface area contributed by atoms with Crippen LogP contribution in [-0.2, 0) is 4.79 Å². The Hall–Kier alpha value is -1.63. The standard InChI is InChI=1S/C17H29N5O2/c1-17(2)7-12(8-17)15(24)18-9-11-5-10(6-13(11)23)14-19-16(21-20-14)22(3)4/h10-13,23H,5-9H2,1-4H3,(H,18,24)(H,19,20,21)/t10-,11+,13+/m0/s1. The molecule has 2 saturated carbocycles. The van der Waals surface area contributed by atoms with E-state index in [0.29, 0.717) is 24.3 Å². The van der Waals surface area contributed by atoms with Gasteiger partial charge in [0.25, 0.3) is 0 Å². The van der Waals surface area contributed by atoms with Crippen molar-refractivity contribution in [2.75, 3.05) is 25.5 Å². The van der Waals surface area contributed by atoms with Crippen molar-refractivity contribution < 1.29 is 9.90 Å². The Morgan fingerprint density at radius 1 is 1.38 bits per heavy atom. The molecule has 1 aromatic heterocycles. The number of aromatic nitrogens is 3. The lowest BCUT2D eigenvalue weighted by Crippen LogP contribution is -2.44. The summed E-state index contributed by atoms with van der Waals surface area (Å²) in [5.41, 5.74) is 0.302. The van der Waals surface area contributed by atoms with E-state index in [2.05, 4.69) is 34.3 Å². The van der Waals surface area contributed by atoms with Crippen LogP contribution in [0.4, 0.5) is 5.95 Å². The lowest BCUT2D eigenvalue weighted by Gasteiger charge is -2.41. The van der Waals surface area contributed by atoms with Gasteiger partial charge in [-0.1, -0.05) is 13.8 Å². The molecular formula is C17H29N5O2. The summed E-state index contributed by atoms with van der Waals surface area (Å²) >= 11 is 0. The van der Waals surface area contributed by atoms with E-state index in [1.807, 2.05) is 19.0 Å². The third kappa shape index (κ3) is 3.55. The number of aliphatic hydroxyl groups excluding tert-OH is 1. The Labute approximate surface area is 143 Å². The minimum Gasteiger partial charge on any atom is -0.393 e. The first-order chi connectivity index (χ1) is 11.2. The summed E-state index contributed by atoms with van der Waals surface area (Å²) in [7, 11) is 3.80. The maximum absolute atomic E-state index is 12.2. The van der Waals surface area contributed by atoms with E-state index in [0.717, 1.165) is 25.1 Å². The lowest BCUT2D eigenvalue weighted by molar-refractivity contribution is -0.131. The predicted molar refractivity (Wildman–Crippen MR) is 91.7 cm³/mol. The van der Waals surface area contributed by atoms with Crippen molar-refractivity contribution >= 4 is 11.9 Å². The molecule has 3 rings (SSSR count). The van der Waals surface area contributed by atoms with E-state index < -0.39 is 6.10 Å². The van der Waals surface area contributed by atoms with Gasteiger partial charge in [-0.25, -0.2) is 0 Å². The number of carbonyl (C=O) groups is 1. The van der Waals surface area contributed by atoms with Crippen LogP contribution in [0.1, 0.15) is 51.3 Å². The molecule has 3 atom stereocenters. The molecule has 0 saturated heterocycles. The van der Waals surface area contributed by atoms with Crippen molar-refractivity contribution in [3.05, 3.63) is 5.82 Å². The molecule has 2 aliphatic rings. The van der Waals surface area contributed by atoms with Crippen LogP contribution in [0.25, 0.3) is 0 Å². The van der Waals surface area contributed by atoms with Gasteiger partial charge >= 0.3 is 0 Å². The molecule has 0 aliphatic heterocycles. The number of rotatable bonds is 5. The highest BCUT2D eigenvalue weighted by atomic mass is 16.3. The van der Waals surface area contributed by atoms with Crippen molar-refractivity contribution in [1.82, 2.24) is 20.5 Å². The lowest BCUT2D eigenvalue weighted by atomic mass is 9.64. The smallest absolute Gasteiger partial charge is 0.244 e. The van der Waals surface area contributed by atoms with Gasteiger partial charge in [-0.05, 0) is 31.1 Å². The molecule has 2 fully saturated rings. The van der Waals surface area contributed by atoms with Gasteiger partial charge in [0, 0.05) is 38.4 Å². The first kappa shape index (κ1) is 17.2. The number of nitrogens with one attached hydrogen (secondary N) is 2. The maximum atomic E-state index is 12.2. The summed E-state index contributed by atoms with van der Waals surface area (Å²) in [6.07, 6.45) is 3.00. The first-order valence-electron chi connectivity index (χ1n) is 8.80. The van der Waals surface area contributed by atoms with Crippen LogP contribution in [0.3, 0.4) is 0 Å². The van der Waals surface area contributed by atoms with Crippen LogP contribution in [-0.4, -0.2) is 52.9 Å². The highest BCUT2D eigenvalue weighted by Crippen LogP contribution is 2.44. The Morgan fingerprint density at radius 3 is 2.67 bits per heavy atom. The SMILES string of the molecule is CN(C)c1n[nH]c([C@H]2C[C@H](CNC(=O)C3CC(C)(C)C3)[C@H](O)C2)n1. The number of nitrogens with zero attached hydrogens (tertiary/aromatic N) is 3. The van der Waals surface area contributed by atoms with Gasteiger partial charge in [-0.2, -0.15) is 4.98 Å². The van der Waals surface area contributed by atoms with Crippen molar-refractivity contribution in [1.29, 1.82) is 0 Å². The Morgan fingerprint density at radius 2 is 2.08 bits per heavy atom. The quantitative estimate of drug-likeness (QED) is 0.753. The summed E-state index contributed by atoms with van der Waals surface area (Å²) < 4.78 is 0. The van der Waals surface area contributed by atoms with Gasteiger partial charge < -0.3 is 15.3 Å². The average molecular weight is 335 g/mol. The summed E-state index contributed by atoms with van der Waals surface area (Å²) in [4.78, 5) is 18.5. The highest BCUT2D eigenvalue weighted by Gasteiger charge is 2.41. The van der Waals surface area contributed by atoms with E-state index >= 15 is 0 Å². The fourth-order valence-corrected chi connectivity index (χ4v) is 4.03. The normalized spacial score (nSPS) is 29.3. The zero-order chi connectivity index (χ0) is 17.5. The number of amides is 1. The molecule has 1 amide bonds. The van der Waals surface area contributed by atoms with E-state index in [4.69, 9.17) is 0 Å². The monoisotopic (exact) mass is 335 g/mol. The topological polar surface area (TPSA) is 94.1 Å². The van der Waals surface area contributed by atoms with Gasteiger partial charge in [-0.3, -0.25) is 9.89 Å². The largest absolute Gasteiger partial charge is 0.393 e. The molecule has 0 bridgehead atoms. The predicted octanol–water partition coefficient (Wildman–Crippen LogP) is 1.28. The van der Waals surface area contributed by atoms with Crippen LogP contribution in [0.2, 0.25) is 0 Å².